The molecule has 0 spiro atoms. The van der Waals surface area contributed by atoms with E-state index < -0.39 is 0 Å². The number of likely N-dealkylation sites (N-methyl/N-ethyl adjacent to an activating group) is 1. The number of amides is 1. The number of carbonyl (C=O) groups excluding carboxylic acids is 1. The molecule has 0 radical (unpaired) electrons. The first-order valence-electron chi connectivity index (χ1n) is 9.02. The maximum absolute atomic E-state index is 12.3. The maximum atomic E-state index is 12.3. The van der Waals surface area contributed by atoms with Crippen LogP contribution in [-0.4, -0.2) is 33.7 Å². The van der Waals surface area contributed by atoms with Gasteiger partial charge in [-0.25, -0.2) is 0 Å². The largest absolute Gasteiger partial charge is 0.464 e. The lowest BCUT2D eigenvalue weighted by molar-refractivity contribution is -0.127. The van der Waals surface area contributed by atoms with E-state index in [1.165, 1.54) is 6.42 Å². The monoisotopic (exact) mass is 342 g/mol. The van der Waals surface area contributed by atoms with Crippen LogP contribution in [0.1, 0.15) is 54.5 Å². The summed E-state index contributed by atoms with van der Waals surface area (Å²) in [6.45, 7) is 4.94. The summed E-state index contributed by atoms with van der Waals surface area (Å²) in [5.74, 6) is 3.55. The van der Waals surface area contributed by atoms with Crippen LogP contribution in [0, 0.1) is 12.8 Å². The molecule has 3 heterocycles. The summed E-state index contributed by atoms with van der Waals surface area (Å²) in [5, 5.41) is 7.88. The number of likely N-dealkylation sites (tertiary alicyclic amines) is 1. The number of nitrogens with one attached hydrogen (secondary N) is 1. The molecule has 6 nitrogen and oxygen atoms in total. The molecule has 1 aliphatic carbocycles. The van der Waals surface area contributed by atoms with Crippen molar-refractivity contribution in [2.75, 3.05) is 7.05 Å². The van der Waals surface area contributed by atoms with E-state index in [4.69, 9.17) is 4.42 Å². The third-order valence-corrected chi connectivity index (χ3v) is 5.87. The quantitative estimate of drug-likeness (QED) is 0.907. The van der Waals surface area contributed by atoms with Gasteiger partial charge in [0, 0.05) is 43.7 Å². The molecule has 2 aromatic heterocycles. The second-order valence-electron chi connectivity index (χ2n) is 7.57. The number of furan rings is 1. The van der Waals surface area contributed by atoms with Crippen molar-refractivity contribution in [3.63, 3.8) is 0 Å². The van der Waals surface area contributed by atoms with Gasteiger partial charge in [-0.2, -0.15) is 5.10 Å². The van der Waals surface area contributed by atoms with E-state index >= 15 is 0 Å². The van der Waals surface area contributed by atoms with Crippen molar-refractivity contribution in [1.82, 2.24) is 20.0 Å². The molecule has 1 saturated carbocycles. The van der Waals surface area contributed by atoms with Crippen LogP contribution in [0.5, 0.6) is 0 Å². The Labute approximate surface area is 148 Å². The average molecular weight is 342 g/mol. The molecular weight excluding hydrogens is 316 g/mol. The van der Waals surface area contributed by atoms with E-state index in [1.807, 2.05) is 36.8 Å². The van der Waals surface area contributed by atoms with E-state index in [1.54, 1.807) is 0 Å². The predicted octanol–water partition coefficient (Wildman–Crippen LogP) is 2.51. The highest BCUT2D eigenvalue weighted by Gasteiger charge is 2.40. The second-order valence-corrected chi connectivity index (χ2v) is 7.57. The Kier molecular flexibility index (Phi) is 3.95. The Hall–Kier alpha value is -2.08. The zero-order chi connectivity index (χ0) is 17.7. The van der Waals surface area contributed by atoms with Gasteiger partial charge in [0.15, 0.2) is 0 Å². The van der Waals surface area contributed by atoms with Gasteiger partial charge in [-0.15, -0.1) is 0 Å². The van der Waals surface area contributed by atoms with Gasteiger partial charge in [0.05, 0.1) is 18.8 Å². The topological polar surface area (TPSA) is 63.3 Å². The molecule has 4 rings (SSSR count). The van der Waals surface area contributed by atoms with E-state index in [-0.39, 0.29) is 18.0 Å². The minimum Gasteiger partial charge on any atom is -0.464 e. The van der Waals surface area contributed by atoms with Gasteiger partial charge in [0.1, 0.15) is 11.5 Å². The SMILES string of the molecule is Cc1c([C@H]2[C@H](NCc3ccc([C@H]4C[C@H]4C)o3)CC(=O)N2C)cnn1C. The Bertz CT molecular complexity index is 793. The lowest BCUT2D eigenvalue weighted by Gasteiger charge is -2.25. The number of aromatic nitrogens is 2. The van der Waals surface area contributed by atoms with Crippen molar-refractivity contribution in [2.24, 2.45) is 13.0 Å². The van der Waals surface area contributed by atoms with Crippen molar-refractivity contribution < 1.29 is 9.21 Å². The number of nitrogens with zero attached hydrogens (tertiary/aromatic N) is 3. The summed E-state index contributed by atoms with van der Waals surface area (Å²) in [6.07, 6.45) is 3.61. The number of hydrogen-bond donors (Lipinski definition) is 1. The molecule has 0 aromatic carbocycles. The minimum atomic E-state index is 0.0130. The summed E-state index contributed by atoms with van der Waals surface area (Å²) < 4.78 is 7.84. The number of hydrogen-bond acceptors (Lipinski definition) is 4. The molecule has 0 bridgehead atoms. The van der Waals surface area contributed by atoms with Crippen molar-refractivity contribution in [3.8, 4) is 0 Å². The standard InChI is InChI=1S/C19H26N4O2/c1-11-7-14(11)17-6-5-13(25-17)9-20-16-8-18(24)22(3)19(16)15-10-21-23(4)12(15)2/h5-6,10-11,14,16,19-20H,7-9H2,1-4H3/t11-,14+,16-,19+/m1/s1. The van der Waals surface area contributed by atoms with E-state index in [9.17, 15) is 4.79 Å². The highest BCUT2D eigenvalue weighted by atomic mass is 16.3. The van der Waals surface area contributed by atoms with Gasteiger partial charge in [-0.3, -0.25) is 9.48 Å². The van der Waals surface area contributed by atoms with E-state index in [0.29, 0.717) is 18.9 Å². The van der Waals surface area contributed by atoms with Crippen molar-refractivity contribution in [2.45, 2.75) is 51.2 Å². The highest BCUT2D eigenvalue weighted by Crippen LogP contribution is 2.47. The Morgan fingerprint density at radius 1 is 1.36 bits per heavy atom. The van der Waals surface area contributed by atoms with Gasteiger partial charge in [-0.05, 0) is 31.4 Å². The molecule has 1 amide bonds. The zero-order valence-corrected chi connectivity index (χ0v) is 15.3. The summed E-state index contributed by atoms with van der Waals surface area (Å²) in [6, 6.07) is 4.23. The molecule has 134 valence electrons. The first-order chi connectivity index (χ1) is 12.0. The molecule has 4 atom stereocenters. The van der Waals surface area contributed by atoms with Crippen LogP contribution in [0.2, 0.25) is 0 Å². The molecule has 2 aliphatic rings. The molecule has 6 heteroatoms. The fourth-order valence-corrected chi connectivity index (χ4v) is 3.92. The average Bonchev–Trinajstić information content (AvgIpc) is 2.90. The van der Waals surface area contributed by atoms with Crippen LogP contribution in [0.3, 0.4) is 0 Å². The van der Waals surface area contributed by atoms with Gasteiger partial charge in [0.25, 0.3) is 0 Å². The lowest BCUT2D eigenvalue weighted by Crippen LogP contribution is -2.35. The van der Waals surface area contributed by atoms with Crippen LogP contribution in [0.25, 0.3) is 0 Å². The normalized spacial score (nSPS) is 28.8. The summed E-state index contributed by atoms with van der Waals surface area (Å²) in [4.78, 5) is 14.1. The van der Waals surface area contributed by atoms with Crippen molar-refractivity contribution >= 4 is 5.91 Å². The van der Waals surface area contributed by atoms with Gasteiger partial charge >= 0.3 is 0 Å². The third-order valence-electron chi connectivity index (χ3n) is 5.87. The number of aryl methyl sites for hydroxylation is 1. The van der Waals surface area contributed by atoms with Crippen molar-refractivity contribution in [1.29, 1.82) is 0 Å². The van der Waals surface area contributed by atoms with E-state index in [2.05, 4.69) is 29.5 Å². The van der Waals surface area contributed by atoms with Gasteiger partial charge in [0.2, 0.25) is 5.91 Å². The van der Waals surface area contributed by atoms with Crippen LogP contribution in [0.15, 0.2) is 22.7 Å². The van der Waals surface area contributed by atoms with E-state index in [0.717, 1.165) is 28.7 Å². The third kappa shape index (κ3) is 2.88. The molecule has 1 N–H and O–H groups in total. The fraction of sp³-hybridized carbons (Fsp3) is 0.579. The predicted molar refractivity (Wildman–Crippen MR) is 93.9 cm³/mol. The molecule has 0 unspecified atom stereocenters. The molecule has 2 aromatic rings. The smallest absolute Gasteiger partial charge is 0.224 e. The molecular formula is C19H26N4O2. The van der Waals surface area contributed by atoms with Gasteiger partial charge in [-0.1, -0.05) is 6.92 Å². The molecule has 2 fully saturated rings. The molecule has 25 heavy (non-hydrogen) atoms. The molecule has 1 aliphatic heterocycles. The highest BCUT2D eigenvalue weighted by molar-refractivity contribution is 5.80. The lowest BCUT2D eigenvalue weighted by atomic mass is 10.0. The zero-order valence-electron chi connectivity index (χ0n) is 15.3. The van der Waals surface area contributed by atoms with Gasteiger partial charge < -0.3 is 14.6 Å². The summed E-state index contributed by atoms with van der Waals surface area (Å²) >= 11 is 0. The number of carbonyl (C=O) groups is 1. The Morgan fingerprint density at radius 3 is 2.76 bits per heavy atom. The minimum absolute atomic E-state index is 0.0130. The van der Waals surface area contributed by atoms with Crippen molar-refractivity contribution in [3.05, 3.63) is 41.1 Å². The van der Waals surface area contributed by atoms with Crippen LogP contribution in [0.4, 0.5) is 0 Å². The maximum Gasteiger partial charge on any atom is 0.224 e. The number of rotatable bonds is 5. The van der Waals surface area contributed by atoms with Crippen LogP contribution in [-0.2, 0) is 18.4 Å². The summed E-state index contributed by atoms with van der Waals surface area (Å²) in [7, 11) is 3.81. The summed E-state index contributed by atoms with van der Waals surface area (Å²) in [5.41, 5.74) is 2.21. The Morgan fingerprint density at radius 2 is 2.12 bits per heavy atom. The fourth-order valence-electron chi connectivity index (χ4n) is 3.92. The molecule has 1 saturated heterocycles. The Balaban J connectivity index is 1.47. The van der Waals surface area contributed by atoms with Crippen LogP contribution < -0.4 is 5.32 Å². The van der Waals surface area contributed by atoms with Crippen LogP contribution >= 0.6 is 0 Å². The first kappa shape index (κ1) is 16.4. The first-order valence-corrected chi connectivity index (χ1v) is 9.02. The second kappa shape index (κ2) is 6.02.